The minimum absolute atomic E-state index is 0.113. The van der Waals surface area contributed by atoms with Crippen molar-refractivity contribution >= 4 is 11.6 Å². The molecule has 0 radical (unpaired) electrons. The number of hydrogen-bond acceptors (Lipinski definition) is 2. The predicted molar refractivity (Wildman–Crippen MR) is 114 cm³/mol. The highest BCUT2D eigenvalue weighted by Gasteiger charge is 2.52. The second kappa shape index (κ2) is 10.1. The van der Waals surface area contributed by atoms with Gasteiger partial charge in [0.15, 0.2) is 0 Å². The van der Waals surface area contributed by atoms with E-state index in [1.165, 1.54) is 95.6 Å². The number of hydrogen-bond donors (Lipinski definition) is 1. The van der Waals surface area contributed by atoms with Gasteiger partial charge < -0.3 is 0 Å². The summed E-state index contributed by atoms with van der Waals surface area (Å²) in [5, 5.41) is 4.59. The van der Waals surface area contributed by atoms with E-state index in [9.17, 15) is 4.79 Å². The smallest absolute Gasteiger partial charge is 0.240 e. The van der Waals surface area contributed by atoms with Gasteiger partial charge in [0.2, 0.25) is 5.91 Å². The first kappa shape index (κ1) is 20.9. The number of rotatable bonds is 12. The number of unbranched alkanes of at least 4 members (excludes halogenated alkanes) is 8. The summed E-state index contributed by atoms with van der Waals surface area (Å²) in [6.45, 7) is 4.44. The third-order valence-electron chi connectivity index (χ3n) is 7.66. The van der Waals surface area contributed by atoms with Gasteiger partial charge in [-0.2, -0.15) is 5.10 Å². The molecule has 0 aromatic carbocycles. The van der Waals surface area contributed by atoms with Crippen molar-refractivity contribution in [3.63, 3.8) is 0 Å². The highest BCUT2D eigenvalue weighted by Crippen LogP contribution is 2.60. The largest absolute Gasteiger partial charge is 0.273 e. The van der Waals surface area contributed by atoms with Gasteiger partial charge in [0.25, 0.3) is 0 Å². The van der Waals surface area contributed by atoms with Gasteiger partial charge in [-0.1, -0.05) is 58.3 Å². The van der Waals surface area contributed by atoms with Crippen LogP contribution < -0.4 is 5.43 Å². The van der Waals surface area contributed by atoms with E-state index in [4.69, 9.17) is 0 Å². The van der Waals surface area contributed by atoms with Crippen LogP contribution in [-0.2, 0) is 4.79 Å². The van der Waals surface area contributed by atoms with Crippen LogP contribution in [-0.4, -0.2) is 11.6 Å². The fourth-order valence-corrected chi connectivity index (χ4v) is 6.47. The highest BCUT2D eigenvalue weighted by atomic mass is 16.2. The molecule has 4 fully saturated rings. The lowest BCUT2D eigenvalue weighted by Crippen LogP contribution is -2.49. The molecule has 1 N–H and O–H groups in total. The van der Waals surface area contributed by atoms with Crippen LogP contribution in [0.1, 0.15) is 117 Å². The Kier molecular flexibility index (Phi) is 7.78. The Morgan fingerprint density at radius 2 is 1.33 bits per heavy atom. The summed E-state index contributed by atoms with van der Waals surface area (Å²) in [5.74, 6) is 2.90. The van der Waals surface area contributed by atoms with Crippen molar-refractivity contribution in [3.05, 3.63) is 0 Å². The summed E-state index contributed by atoms with van der Waals surface area (Å²) in [6.07, 6.45) is 20.6. The van der Waals surface area contributed by atoms with Gasteiger partial charge in [0, 0.05) is 17.5 Å². The molecule has 0 heterocycles. The zero-order valence-corrected chi connectivity index (χ0v) is 17.9. The first-order valence-corrected chi connectivity index (χ1v) is 11.9. The van der Waals surface area contributed by atoms with E-state index in [0.29, 0.717) is 11.8 Å². The summed E-state index contributed by atoms with van der Waals surface area (Å²) >= 11 is 0. The van der Waals surface area contributed by atoms with E-state index < -0.39 is 0 Å². The van der Waals surface area contributed by atoms with Crippen LogP contribution >= 0.6 is 0 Å². The minimum Gasteiger partial charge on any atom is -0.273 e. The van der Waals surface area contributed by atoms with E-state index in [0.717, 1.165) is 24.2 Å². The van der Waals surface area contributed by atoms with Crippen molar-refractivity contribution in [2.24, 2.45) is 28.3 Å². The van der Waals surface area contributed by atoms with Crippen LogP contribution in [0.25, 0.3) is 0 Å². The van der Waals surface area contributed by atoms with Crippen LogP contribution in [0, 0.1) is 23.2 Å². The lowest BCUT2D eigenvalue weighted by atomic mass is 9.48. The Labute approximate surface area is 167 Å². The zero-order valence-electron chi connectivity index (χ0n) is 17.9. The van der Waals surface area contributed by atoms with Crippen LogP contribution in [0.5, 0.6) is 0 Å². The molecule has 4 bridgehead atoms. The molecule has 4 rings (SSSR count). The summed E-state index contributed by atoms with van der Waals surface area (Å²) < 4.78 is 0. The van der Waals surface area contributed by atoms with Gasteiger partial charge in [0.05, 0.1) is 0 Å². The Balaban J connectivity index is 1.30. The van der Waals surface area contributed by atoms with E-state index >= 15 is 0 Å². The highest BCUT2D eigenvalue weighted by molar-refractivity contribution is 5.89. The van der Waals surface area contributed by atoms with Crippen LogP contribution in [0.15, 0.2) is 5.10 Å². The van der Waals surface area contributed by atoms with Crippen molar-refractivity contribution in [1.29, 1.82) is 0 Å². The molecule has 3 nitrogen and oxygen atoms in total. The molecule has 0 aromatic rings. The van der Waals surface area contributed by atoms with Crippen LogP contribution in [0.3, 0.4) is 0 Å². The second-order valence-corrected chi connectivity index (χ2v) is 10.0. The zero-order chi connectivity index (χ0) is 19.1. The van der Waals surface area contributed by atoms with Gasteiger partial charge in [-0.25, -0.2) is 5.43 Å². The van der Waals surface area contributed by atoms with Crippen molar-refractivity contribution < 1.29 is 4.79 Å². The molecule has 1 amide bonds. The maximum atomic E-state index is 12.2. The topological polar surface area (TPSA) is 41.5 Å². The number of nitrogens with zero attached hydrogens (tertiary/aromatic N) is 1. The predicted octanol–water partition coefficient (Wildman–Crippen LogP) is 6.62. The number of carbonyl (C=O) groups is 1. The number of hydrazone groups is 1. The molecule has 0 atom stereocenters. The minimum atomic E-state index is 0.113. The monoisotopic (exact) mass is 374 g/mol. The molecule has 0 unspecified atom stereocenters. The normalized spacial score (nSPS) is 32.1. The van der Waals surface area contributed by atoms with E-state index in [1.807, 2.05) is 0 Å². The average molecular weight is 375 g/mol. The first-order valence-electron chi connectivity index (χ1n) is 11.9. The second-order valence-electron chi connectivity index (χ2n) is 10.0. The lowest BCUT2D eigenvalue weighted by molar-refractivity contribution is -0.121. The molecule has 0 spiro atoms. The van der Waals surface area contributed by atoms with Crippen LogP contribution in [0.4, 0.5) is 0 Å². The first-order chi connectivity index (χ1) is 13.1. The van der Waals surface area contributed by atoms with E-state index in [2.05, 4.69) is 24.4 Å². The third kappa shape index (κ3) is 5.81. The maximum absolute atomic E-state index is 12.2. The molecular formula is C24H42N2O. The molecule has 4 aliphatic rings. The van der Waals surface area contributed by atoms with Crippen molar-refractivity contribution in [1.82, 2.24) is 5.43 Å². The fourth-order valence-electron chi connectivity index (χ4n) is 6.47. The summed E-state index contributed by atoms with van der Waals surface area (Å²) in [7, 11) is 0. The van der Waals surface area contributed by atoms with Gasteiger partial charge in [-0.15, -0.1) is 0 Å². The molecule has 154 valence electrons. The lowest BCUT2D eigenvalue weighted by Gasteiger charge is -2.56. The quantitative estimate of drug-likeness (QED) is 0.233. The average Bonchev–Trinajstić information content (AvgIpc) is 2.63. The summed E-state index contributed by atoms with van der Waals surface area (Å²) in [4.78, 5) is 12.2. The molecule has 4 saturated carbocycles. The standard InChI is InChI=1S/C24H42N2O/c1-3-4-5-6-7-8-9-10-11-12-23(27)26-25-19(2)24-16-20-13-21(17-24)15-22(14-20)18-24/h20-22H,3-18H2,1-2H3,(H,26,27)/b25-19-. The van der Waals surface area contributed by atoms with Crippen molar-refractivity contribution in [2.75, 3.05) is 0 Å². The Morgan fingerprint density at radius 3 is 1.85 bits per heavy atom. The van der Waals surface area contributed by atoms with E-state index in [-0.39, 0.29) is 5.91 Å². The summed E-state index contributed by atoms with van der Waals surface area (Å²) in [5.41, 5.74) is 4.41. The Morgan fingerprint density at radius 1 is 0.852 bits per heavy atom. The molecule has 27 heavy (non-hydrogen) atoms. The van der Waals surface area contributed by atoms with Crippen LogP contribution in [0.2, 0.25) is 0 Å². The van der Waals surface area contributed by atoms with Gasteiger partial charge in [0.1, 0.15) is 0 Å². The number of nitrogens with one attached hydrogen (secondary N) is 1. The maximum Gasteiger partial charge on any atom is 0.240 e. The molecule has 4 aliphatic carbocycles. The van der Waals surface area contributed by atoms with Crippen molar-refractivity contribution in [3.8, 4) is 0 Å². The number of amides is 1. The third-order valence-corrected chi connectivity index (χ3v) is 7.66. The van der Waals surface area contributed by atoms with Gasteiger partial charge >= 0.3 is 0 Å². The molecule has 0 aliphatic heterocycles. The number of carbonyl (C=O) groups excluding carboxylic acids is 1. The molecule has 0 aromatic heterocycles. The van der Waals surface area contributed by atoms with Crippen molar-refractivity contribution in [2.45, 2.75) is 117 Å². The molecular weight excluding hydrogens is 332 g/mol. The SMILES string of the molecule is CCCCCCCCCCCC(=O)N/N=C(/C)C12CC3CC(CC(C3)C1)C2. The molecule has 3 heteroatoms. The van der Waals surface area contributed by atoms with Gasteiger partial charge in [-0.05, 0) is 69.6 Å². The van der Waals surface area contributed by atoms with Gasteiger partial charge in [-0.3, -0.25) is 4.79 Å². The molecule has 0 saturated heterocycles. The Hall–Kier alpha value is -0.860. The summed E-state index contributed by atoms with van der Waals surface area (Å²) in [6, 6.07) is 0. The van der Waals surface area contributed by atoms with E-state index in [1.54, 1.807) is 0 Å². The Bertz CT molecular complexity index is 475. The fraction of sp³-hybridized carbons (Fsp3) is 0.917.